The smallest absolute Gasteiger partial charge is 0.324 e. The van der Waals surface area contributed by atoms with Crippen LogP contribution < -0.4 is 10.6 Å². The van der Waals surface area contributed by atoms with Crippen LogP contribution in [0.1, 0.15) is 6.42 Å². The zero-order valence-electron chi connectivity index (χ0n) is 8.36. The number of fused-ring (bicyclic) bond motifs is 1. The topological polar surface area (TPSA) is 92.3 Å². The number of carbonyl (C=O) groups is 2. The van der Waals surface area contributed by atoms with Gasteiger partial charge in [-0.25, -0.2) is 0 Å². The average Bonchev–Trinajstić information content (AvgIpc) is 2.31. The lowest BCUT2D eigenvalue weighted by molar-refractivity contribution is -0.123. The Morgan fingerprint density at radius 2 is 1.65 bits per heavy atom. The van der Waals surface area contributed by atoms with Crippen LogP contribution in [0, 0.1) is 0 Å². The summed E-state index contributed by atoms with van der Waals surface area (Å²) < 4.78 is 34.1. The predicted molar refractivity (Wildman–Crippen MR) is 56.6 cm³/mol. The van der Waals surface area contributed by atoms with E-state index in [-0.39, 0.29) is 17.8 Å². The van der Waals surface area contributed by atoms with Crippen LogP contribution in [0.25, 0.3) is 0 Å². The summed E-state index contributed by atoms with van der Waals surface area (Å²) >= 11 is 0. The molecule has 0 spiro atoms. The molecule has 0 saturated heterocycles. The van der Waals surface area contributed by atoms with Gasteiger partial charge in [0.2, 0.25) is 11.8 Å². The minimum absolute atomic E-state index is 0.0552. The van der Waals surface area contributed by atoms with E-state index in [0.29, 0.717) is 0 Å². The zero-order chi connectivity index (χ0) is 12.6. The summed E-state index contributed by atoms with van der Waals surface area (Å²) in [5, 5.41) is 4.70. The highest BCUT2D eigenvalue weighted by Crippen LogP contribution is 2.28. The molecule has 0 fully saturated rings. The van der Waals surface area contributed by atoms with Crippen LogP contribution in [0.2, 0.25) is 0 Å². The number of benzene rings is 1. The third-order valence-electron chi connectivity index (χ3n) is 2.14. The van der Waals surface area contributed by atoms with E-state index in [1.54, 1.807) is 0 Å². The van der Waals surface area contributed by atoms with Gasteiger partial charge in [-0.2, -0.15) is 8.42 Å². The largest absolute Gasteiger partial charge is 0.332 e. The Balaban J connectivity index is 2.52. The maximum Gasteiger partial charge on any atom is 0.332 e. The zero-order valence-corrected chi connectivity index (χ0v) is 9.17. The van der Waals surface area contributed by atoms with Crippen molar-refractivity contribution in [3.8, 4) is 0 Å². The van der Waals surface area contributed by atoms with Crippen molar-refractivity contribution >= 4 is 33.4 Å². The number of amides is 2. The quantitative estimate of drug-likeness (QED) is 0.570. The predicted octanol–water partition coefficient (Wildman–Crippen LogP) is 0.626. The molecule has 17 heavy (non-hydrogen) atoms. The van der Waals surface area contributed by atoms with Crippen molar-refractivity contribution in [1.29, 1.82) is 0 Å². The molecule has 0 saturated carbocycles. The molecule has 90 valence electrons. The van der Waals surface area contributed by atoms with Gasteiger partial charge in [-0.05, 0) is 18.2 Å². The van der Waals surface area contributed by atoms with E-state index in [4.69, 9.17) is 0 Å². The van der Waals surface area contributed by atoms with Gasteiger partial charge in [0.25, 0.3) is 0 Å². The Labute approximate surface area is 96.0 Å². The summed E-state index contributed by atoms with van der Waals surface area (Å²) in [5.41, 5.74) is 0.285. The lowest BCUT2D eigenvalue weighted by atomic mass is 10.2. The van der Waals surface area contributed by atoms with E-state index < -0.39 is 26.9 Å². The van der Waals surface area contributed by atoms with Crippen LogP contribution in [-0.2, 0) is 19.8 Å². The maximum absolute atomic E-state index is 12.7. The molecular formula is C9H7FN2O4S. The molecular weight excluding hydrogens is 251 g/mol. The fourth-order valence-corrected chi connectivity index (χ4v) is 1.91. The fourth-order valence-electron chi connectivity index (χ4n) is 1.42. The summed E-state index contributed by atoms with van der Waals surface area (Å²) in [7, 11) is -4.84. The summed E-state index contributed by atoms with van der Waals surface area (Å²) in [6.07, 6.45) is -0.369. The molecule has 0 bridgehead atoms. The van der Waals surface area contributed by atoms with Crippen molar-refractivity contribution in [3.63, 3.8) is 0 Å². The normalized spacial score (nSPS) is 15.6. The van der Waals surface area contributed by atoms with E-state index in [1.165, 1.54) is 6.07 Å². The van der Waals surface area contributed by atoms with Gasteiger partial charge >= 0.3 is 10.2 Å². The maximum atomic E-state index is 12.7. The van der Waals surface area contributed by atoms with Gasteiger partial charge in [0, 0.05) is 0 Å². The molecule has 1 aromatic carbocycles. The van der Waals surface area contributed by atoms with Crippen LogP contribution in [0.15, 0.2) is 23.1 Å². The third-order valence-corrected chi connectivity index (χ3v) is 2.96. The standard InChI is InChI=1S/C9H7FN2O4S/c10-17(15,16)5-1-2-6-7(3-5)12-9(14)4-8(13)11-6/h1-3H,4H2,(H,11,13)(H,12,14). The summed E-state index contributed by atoms with van der Waals surface area (Å²) in [5.74, 6) is -1.10. The Hall–Kier alpha value is -1.96. The van der Waals surface area contributed by atoms with Crippen LogP contribution in [-0.4, -0.2) is 20.2 Å². The number of halogens is 1. The first-order chi connectivity index (χ1) is 7.86. The lowest BCUT2D eigenvalue weighted by Crippen LogP contribution is -2.16. The number of nitrogens with one attached hydrogen (secondary N) is 2. The van der Waals surface area contributed by atoms with Gasteiger partial charge < -0.3 is 10.6 Å². The summed E-state index contributed by atoms with van der Waals surface area (Å²) in [6.45, 7) is 0. The van der Waals surface area contributed by atoms with E-state index in [9.17, 15) is 21.9 Å². The SMILES string of the molecule is O=C1CC(=O)Nc2cc(S(=O)(=O)F)ccc2N1. The molecule has 1 aliphatic heterocycles. The minimum atomic E-state index is -4.84. The van der Waals surface area contributed by atoms with E-state index in [1.807, 2.05) is 0 Å². The second-order valence-corrected chi connectivity index (χ2v) is 4.77. The van der Waals surface area contributed by atoms with Gasteiger partial charge in [0.15, 0.2) is 0 Å². The summed E-state index contributed by atoms with van der Waals surface area (Å²) in [4.78, 5) is 21.8. The Morgan fingerprint density at radius 1 is 1.06 bits per heavy atom. The molecule has 2 N–H and O–H groups in total. The van der Waals surface area contributed by atoms with Gasteiger partial charge in [-0.15, -0.1) is 3.89 Å². The van der Waals surface area contributed by atoms with Gasteiger partial charge in [0.05, 0.1) is 11.4 Å². The minimum Gasteiger partial charge on any atom is -0.324 e. The second kappa shape index (κ2) is 3.81. The Bertz CT molecular complexity index is 611. The second-order valence-electron chi connectivity index (χ2n) is 3.42. The molecule has 8 heteroatoms. The molecule has 2 amide bonds. The van der Waals surface area contributed by atoms with Gasteiger partial charge in [-0.1, -0.05) is 0 Å². The molecule has 0 unspecified atom stereocenters. The number of hydrogen-bond acceptors (Lipinski definition) is 4. The number of anilines is 2. The first-order valence-corrected chi connectivity index (χ1v) is 5.93. The molecule has 1 heterocycles. The first-order valence-electron chi connectivity index (χ1n) is 4.55. The molecule has 6 nitrogen and oxygen atoms in total. The highest BCUT2D eigenvalue weighted by atomic mass is 32.3. The van der Waals surface area contributed by atoms with Crippen LogP contribution in [0.5, 0.6) is 0 Å². The van der Waals surface area contributed by atoms with Crippen molar-refractivity contribution in [3.05, 3.63) is 18.2 Å². The van der Waals surface area contributed by atoms with Gasteiger partial charge in [-0.3, -0.25) is 9.59 Å². The van der Waals surface area contributed by atoms with Crippen molar-refractivity contribution in [2.75, 3.05) is 10.6 Å². The highest BCUT2D eigenvalue weighted by Gasteiger charge is 2.21. The monoisotopic (exact) mass is 258 g/mol. The van der Waals surface area contributed by atoms with Crippen molar-refractivity contribution in [2.24, 2.45) is 0 Å². The third kappa shape index (κ3) is 2.41. The average molecular weight is 258 g/mol. The first kappa shape index (κ1) is 11.5. The van der Waals surface area contributed by atoms with Crippen molar-refractivity contribution in [2.45, 2.75) is 11.3 Å². The van der Waals surface area contributed by atoms with E-state index >= 15 is 0 Å². The number of hydrogen-bond donors (Lipinski definition) is 2. The molecule has 2 rings (SSSR count). The molecule has 1 aliphatic rings. The fraction of sp³-hybridized carbons (Fsp3) is 0.111. The molecule has 0 radical (unpaired) electrons. The Kier molecular flexibility index (Phi) is 2.58. The van der Waals surface area contributed by atoms with Crippen LogP contribution in [0.4, 0.5) is 15.3 Å². The van der Waals surface area contributed by atoms with E-state index in [2.05, 4.69) is 10.6 Å². The number of rotatable bonds is 1. The van der Waals surface area contributed by atoms with E-state index in [0.717, 1.165) is 12.1 Å². The van der Waals surface area contributed by atoms with Crippen LogP contribution in [0.3, 0.4) is 0 Å². The molecule has 0 atom stereocenters. The lowest BCUT2D eigenvalue weighted by Gasteiger charge is -2.07. The van der Waals surface area contributed by atoms with Crippen LogP contribution >= 0.6 is 0 Å². The number of carbonyl (C=O) groups excluding carboxylic acids is 2. The molecule has 1 aromatic rings. The summed E-state index contributed by atoms with van der Waals surface area (Å²) in [6, 6.07) is 3.17. The van der Waals surface area contributed by atoms with Gasteiger partial charge in [0.1, 0.15) is 11.3 Å². The highest BCUT2D eigenvalue weighted by molar-refractivity contribution is 7.86. The Morgan fingerprint density at radius 3 is 2.24 bits per heavy atom. The van der Waals surface area contributed by atoms with Crippen molar-refractivity contribution < 1.29 is 21.9 Å². The molecule has 0 aliphatic carbocycles. The molecule has 0 aromatic heterocycles. The van der Waals surface area contributed by atoms with Crippen molar-refractivity contribution in [1.82, 2.24) is 0 Å².